The molecule has 4 nitrogen and oxygen atoms in total. The number of rotatable bonds is 5. The van der Waals surface area contributed by atoms with Crippen molar-refractivity contribution in [3.8, 4) is 0 Å². The Bertz CT molecular complexity index is 355. The second-order valence-corrected chi connectivity index (χ2v) is 5.40. The summed E-state index contributed by atoms with van der Waals surface area (Å²) < 4.78 is 0. The molecule has 0 unspecified atom stereocenters. The van der Waals surface area contributed by atoms with Crippen LogP contribution in [0.3, 0.4) is 0 Å². The normalized spacial score (nSPS) is 16.7. The summed E-state index contributed by atoms with van der Waals surface area (Å²) >= 11 is 0. The average molecular weight is 249 g/mol. The van der Waals surface area contributed by atoms with Gasteiger partial charge >= 0.3 is 0 Å². The minimum atomic E-state index is 0.252. The Balaban J connectivity index is 1.70. The summed E-state index contributed by atoms with van der Waals surface area (Å²) in [6.45, 7) is 0.653. The number of carbonyl (C=O) groups excluding carboxylic acids is 1. The molecule has 0 saturated heterocycles. The molecule has 1 amide bonds. The Kier molecular flexibility index (Phi) is 4.79. The first kappa shape index (κ1) is 13.1. The molecule has 1 aliphatic carbocycles. The van der Waals surface area contributed by atoms with Gasteiger partial charge in [-0.25, -0.2) is 0 Å². The molecular formula is C14H23N3O. The number of carbonyl (C=O) groups is 1. The molecule has 0 bridgehead atoms. The van der Waals surface area contributed by atoms with Crippen molar-refractivity contribution < 1.29 is 4.79 Å². The van der Waals surface area contributed by atoms with Gasteiger partial charge in [-0.05, 0) is 12.3 Å². The number of nitrogens with zero attached hydrogens (tertiary/aromatic N) is 2. The maximum Gasteiger partial charge on any atom is 0.222 e. The number of aromatic nitrogens is 2. The lowest BCUT2D eigenvalue weighted by Crippen LogP contribution is -2.26. The van der Waals surface area contributed by atoms with Crippen molar-refractivity contribution in [1.82, 2.24) is 15.1 Å². The van der Waals surface area contributed by atoms with Crippen molar-refractivity contribution in [3.05, 3.63) is 18.0 Å². The molecule has 0 aromatic carbocycles. The van der Waals surface area contributed by atoms with E-state index in [-0.39, 0.29) is 5.91 Å². The fourth-order valence-corrected chi connectivity index (χ4v) is 2.72. The SMILES string of the molecule is CN(Cc1cn[nH]c1)C(=O)CCC1CCCCC1. The largest absolute Gasteiger partial charge is 0.341 e. The molecule has 18 heavy (non-hydrogen) atoms. The molecule has 1 heterocycles. The highest BCUT2D eigenvalue weighted by atomic mass is 16.2. The quantitative estimate of drug-likeness (QED) is 0.872. The zero-order valence-corrected chi connectivity index (χ0v) is 11.2. The summed E-state index contributed by atoms with van der Waals surface area (Å²) in [4.78, 5) is 13.8. The molecule has 0 radical (unpaired) electrons. The molecule has 0 spiro atoms. The van der Waals surface area contributed by atoms with Crippen LogP contribution in [0, 0.1) is 5.92 Å². The van der Waals surface area contributed by atoms with Crippen molar-refractivity contribution in [2.24, 2.45) is 5.92 Å². The maximum atomic E-state index is 12.0. The average Bonchev–Trinajstić information content (AvgIpc) is 2.90. The Labute approximate surface area is 109 Å². The predicted octanol–water partition coefficient (Wildman–Crippen LogP) is 2.73. The molecule has 100 valence electrons. The molecule has 4 heteroatoms. The Morgan fingerprint density at radius 1 is 1.44 bits per heavy atom. The summed E-state index contributed by atoms with van der Waals surface area (Å²) in [5, 5.41) is 6.66. The summed E-state index contributed by atoms with van der Waals surface area (Å²) in [5.74, 6) is 1.03. The smallest absolute Gasteiger partial charge is 0.222 e. The van der Waals surface area contributed by atoms with E-state index in [0.29, 0.717) is 13.0 Å². The molecule has 1 aliphatic rings. The van der Waals surface area contributed by atoms with E-state index in [0.717, 1.165) is 17.9 Å². The molecule has 1 aromatic heterocycles. The van der Waals surface area contributed by atoms with Gasteiger partial charge in [-0.3, -0.25) is 9.89 Å². The Morgan fingerprint density at radius 3 is 2.89 bits per heavy atom. The second kappa shape index (κ2) is 6.57. The molecule has 1 fully saturated rings. The standard InChI is InChI=1S/C14H23N3O/c1-17(11-13-9-15-16-10-13)14(18)8-7-12-5-3-2-4-6-12/h9-10,12H,2-8,11H2,1H3,(H,15,16). The summed E-state index contributed by atoms with van der Waals surface area (Å²) in [6.07, 6.45) is 12.1. The van der Waals surface area contributed by atoms with Gasteiger partial charge in [0, 0.05) is 31.8 Å². The van der Waals surface area contributed by atoms with Crippen molar-refractivity contribution in [2.45, 2.75) is 51.5 Å². The van der Waals surface area contributed by atoms with Crippen LogP contribution in [0.15, 0.2) is 12.4 Å². The van der Waals surface area contributed by atoms with E-state index in [1.807, 2.05) is 13.2 Å². The van der Waals surface area contributed by atoms with E-state index in [1.165, 1.54) is 32.1 Å². The van der Waals surface area contributed by atoms with Crippen LogP contribution in [0.4, 0.5) is 0 Å². The van der Waals surface area contributed by atoms with Crippen LogP contribution in [-0.4, -0.2) is 28.1 Å². The summed E-state index contributed by atoms with van der Waals surface area (Å²) in [6, 6.07) is 0. The van der Waals surface area contributed by atoms with E-state index in [4.69, 9.17) is 0 Å². The van der Waals surface area contributed by atoms with E-state index < -0.39 is 0 Å². The zero-order valence-electron chi connectivity index (χ0n) is 11.2. The summed E-state index contributed by atoms with van der Waals surface area (Å²) in [5.41, 5.74) is 1.06. The van der Waals surface area contributed by atoms with Crippen LogP contribution in [0.1, 0.15) is 50.5 Å². The minimum Gasteiger partial charge on any atom is -0.341 e. The first-order valence-electron chi connectivity index (χ1n) is 6.97. The minimum absolute atomic E-state index is 0.252. The van der Waals surface area contributed by atoms with Gasteiger partial charge in [0.15, 0.2) is 0 Å². The van der Waals surface area contributed by atoms with Crippen molar-refractivity contribution in [1.29, 1.82) is 0 Å². The van der Waals surface area contributed by atoms with E-state index in [9.17, 15) is 4.79 Å². The van der Waals surface area contributed by atoms with Gasteiger partial charge in [-0.15, -0.1) is 0 Å². The van der Waals surface area contributed by atoms with Gasteiger partial charge in [0.1, 0.15) is 0 Å². The lowest BCUT2D eigenvalue weighted by atomic mass is 9.86. The molecular weight excluding hydrogens is 226 g/mol. The fraction of sp³-hybridized carbons (Fsp3) is 0.714. The number of aromatic amines is 1. The molecule has 1 aromatic rings. The molecule has 2 rings (SSSR count). The highest BCUT2D eigenvalue weighted by molar-refractivity contribution is 5.75. The third-order valence-electron chi connectivity index (χ3n) is 3.89. The van der Waals surface area contributed by atoms with E-state index in [2.05, 4.69) is 10.2 Å². The first-order chi connectivity index (χ1) is 8.75. The number of hydrogen-bond donors (Lipinski definition) is 1. The van der Waals surface area contributed by atoms with Crippen molar-refractivity contribution >= 4 is 5.91 Å². The molecule has 1 saturated carbocycles. The van der Waals surface area contributed by atoms with Gasteiger partial charge in [0.25, 0.3) is 0 Å². The number of nitrogens with one attached hydrogen (secondary N) is 1. The highest BCUT2D eigenvalue weighted by Gasteiger charge is 2.16. The van der Waals surface area contributed by atoms with Gasteiger partial charge in [0.05, 0.1) is 6.20 Å². The van der Waals surface area contributed by atoms with Crippen LogP contribution < -0.4 is 0 Å². The van der Waals surface area contributed by atoms with Crippen molar-refractivity contribution in [2.75, 3.05) is 7.05 Å². The van der Waals surface area contributed by atoms with Crippen LogP contribution in [0.5, 0.6) is 0 Å². The van der Waals surface area contributed by atoms with E-state index >= 15 is 0 Å². The van der Waals surface area contributed by atoms with Crippen molar-refractivity contribution in [3.63, 3.8) is 0 Å². The summed E-state index contributed by atoms with van der Waals surface area (Å²) in [7, 11) is 1.87. The third kappa shape index (κ3) is 3.86. The fourth-order valence-electron chi connectivity index (χ4n) is 2.72. The monoisotopic (exact) mass is 249 g/mol. The lowest BCUT2D eigenvalue weighted by Gasteiger charge is -2.22. The number of amides is 1. The molecule has 0 aliphatic heterocycles. The van der Waals surface area contributed by atoms with Gasteiger partial charge in [0.2, 0.25) is 5.91 Å². The van der Waals surface area contributed by atoms with Gasteiger partial charge in [-0.2, -0.15) is 5.10 Å². The first-order valence-corrected chi connectivity index (χ1v) is 6.97. The van der Waals surface area contributed by atoms with Crippen LogP contribution in [0.25, 0.3) is 0 Å². The molecule has 0 atom stereocenters. The lowest BCUT2D eigenvalue weighted by molar-refractivity contribution is -0.130. The third-order valence-corrected chi connectivity index (χ3v) is 3.89. The van der Waals surface area contributed by atoms with Crippen LogP contribution in [-0.2, 0) is 11.3 Å². The topological polar surface area (TPSA) is 49.0 Å². The van der Waals surface area contributed by atoms with Gasteiger partial charge in [-0.1, -0.05) is 32.1 Å². The van der Waals surface area contributed by atoms with Gasteiger partial charge < -0.3 is 4.90 Å². The number of hydrogen-bond acceptors (Lipinski definition) is 2. The van der Waals surface area contributed by atoms with Crippen LogP contribution in [0.2, 0.25) is 0 Å². The zero-order chi connectivity index (χ0) is 12.8. The van der Waals surface area contributed by atoms with Crippen LogP contribution >= 0.6 is 0 Å². The predicted molar refractivity (Wildman–Crippen MR) is 70.9 cm³/mol. The number of H-pyrrole nitrogens is 1. The highest BCUT2D eigenvalue weighted by Crippen LogP contribution is 2.27. The Morgan fingerprint density at radius 2 is 2.22 bits per heavy atom. The Hall–Kier alpha value is -1.32. The maximum absolute atomic E-state index is 12.0. The molecule has 1 N–H and O–H groups in total. The van der Waals surface area contributed by atoms with E-state index in [1.54, 1.807) is 11.1 Å². The second-order valence-electron chi connectivity index (χ2n) is 5.40.